The van der Waals surface area contributed by atoms with E-state index in [2.05, 4.69) is 6.92 Å². The molecule has 12 heavy (non-hydrogen) atoms. The van der Waals surface area contributed by atoms with E-state index in [-0.39, 0.29) is 18.2 Å². The van der Waals surface area contributed by atoms with Crippen molar-refractivity contribution in [3.05, 3.63) is 0 Å². The minimum absolute atomic E-state index is 0.0726. The second kappa shape index (κ2) is 4.80. The molecule has 3 atom stereocenters. The summed E-state index contributed by atoms with van der Waals surface area (Å²) in [5, 5.41) is 9.32. The van der Waals surface area contributed by atoms with Gasteiger partial charge in [-0.1, -0.05) is 13.3 Å². The van der Waals surface area contributed by atoms with Crippen LogP contribution >= 0.6 is 0 Å². The molecule has 0 aromatic rings. The van der Waals surface area contributed by atoms with Gasteiger partial charge in [0, 0.05) is 19.1 Å². The maximum absolute atomic E-state index is 9.32. The number of ether oxygens (including phenoxy) is 1. The molecule has 3 N–H and O–H groups in total. The number of unbranched alkanes of at least 4 members (excludes halogenated alkanes) is 1. The van der Waals surface area contributed by atoms with Gasteiger partial charge in [0.05, 0.1) is 12.2 Å². The summed E-state index contributed by atoms with van der Waals surface area (Å²) in [6.45, 7) is 2.94. The first-order valence-electron chi connectivity index (χ1n) is 4.79. The zero-order valence-electron chi connectivity index (χ0n) is 7.70. The van der Waals surface area contributed by atoms with Crippen molar-refractivity contribution in [1.29, 1.82) is 0 Å². The van der Waals surface area contributed by atoms with E-state index in [9.17, 15) is 5.11 Å². The van der Waals surface area contributed by atoms with Crippen molar-refractivity contribution >= 4 is 0 Å². The van der Waals surface area contributed by atoms with Crippen LogP contribution in [0.15, 0.2) is 0 Å². The number of rotatable bonds is 4. The number of aliphatic hydroxyl groups excluding tert-OH is 1. The van der Waals surface area contributed by atoms with Gasteiger partial charge in [-0.05, 0) is 12.8 Å². The second-order valence-corrected chi connectivity index (χ2v) is 3.55. The minimum Gasteiger partial charge on any atom is -0.391 e. The lowest BCUT2D eigenvalue weighted by Crippen LogP contribution is -2.28. The van der Waals surface area contributed by atoms with E-state index in [1.807, 2.05) is 0 Å². The van der Waals surface area contributed by atoms with Gasteiger partial charge in [-0.3, -0.25) is 0 Å². The Labute approximate surface area is 73.9 Å². The third-order valence-electron chi connectivity index (χ3n) is 2.39. The lowest BCUT2D eigenvalue weighted by Gasteiger charge is -2.09. The Hall–Kier alpha value is -0.120. The standard InChI is InChI=1S/C9H19NO2/c1-2-3-4-12-7-5-8(10)9(11)6-7/h7-9,11H,2-6,10H2,1H3/t7-,8+,9-/m1/s1. The van der Waals surface area contributed by atoms with E-state index in [1.54, 1.807) is 0 Å². The van der Waals surface area contributed by atoms with Crippen molar-refractivity contribution in [2.45, 2.75) is 50.9 Å². The Morgan fingerprint density at radius 1 is 1.50 bits per heavy atom. The summed E-state index contributed by atoms with van der Waals surface area (Å²) in [4.78, 5) is 0. The SMILES string of the molecule is CCCCO[C@H]1C[C@@H](O)[C@@H](N)C1. The van der Waals surface area contributed by atoms with E-state index >= 15 is 0 Å². The van der Waals surface area contributed by atoms with Gasteiger partial charge in [0.2, 0.25) is 0 Å². The summed E-state index contributed by atoms with van der Waals surface area (Å²) in [5.41, 5.74) is 5.64. The predicted octanol–water partition coefficient (Wildman–Crippen LogP) is 0.654. The normalized spacial score (nSPS) is 35.8. The smallest absolute Gasteiger partial charge is 0.0716 e. The van der Waals surface area contributed by atoms with Crippen molar-refractivity contribution in [3.8, 4) is 0 Å². The lowest BCUT2D eigenvalue weighted by atomic mass is 10.2. The van der Waals surface area contributed by atoms with Crippen molar-refractivity contribution in [2.24, 2.45) is 5.73 Å². The molecule has 0 heterocycles. The van der Waals surface area contributed by atoms with Gasteiger partial charge in [0.15, 0.2) is 0 Å². The van der Waals surface area contributed by atoms with Crippen LogP contribution in [0.3, 0.4) is 0 Å². The van der Waals surface area contributed by atoms with E-state index in [0.29, 0.717) is 6.42 Å². The molecular formula is C9H19NO2. The number of aliphatic hydroxyl groups is 1. The molecule has 0 radical (unpaired) electrons. The summed E-state index contributed by atoms with van der Waals surface area (Å²) < 4.78 is 5.54. The number of hydrogen-bond donors (Lipinski definition) is 2. The topological polar surface area (TPSA) is 55.5 Å². The summed E-state index contributed by atoms with van der Waals surface area (Å²) in [6.07, 6.45) is 3.62. The second-order valence-electron chi connectivity index (χ2n) is 3.55. The van der Waals surface area contributed by atoms with Crippen LogP contribution in [0, 0.1) is 0 Å². The highest BCUT2D eigenvalue weighted by Gasteiger charge is 2.30. The van der Waals surface area contributed by atoms with Crippen molar-refractivity contribution in [1.82, 2.24) is 0 Å². The highest BCUT2D eigenvalue weighted by molar-refractivity contribution is 4.86. The van der Waals surface area contributed by atoms with Crippen LogP contribution in [0.4, 0.5) is 0 Å². The maximum atomic E-state index is 9.32. The number of hydrogen-bond acceptors (Lipinski definition) is 3. The average Bonchev–Trinajstić information content (AvgIpc) is 2.32. The van der Waals surface area contributed by atoms with Gasteiger partial charge in [0.1, 0.15) is 0 Å². The molecule has 1 saturated carbocycles. The molecule has 0 aromatic heterocycles. The van der Waals surface area contributed by atoms with Crippen LogP contribution in [-0.2, 0) is 4.74 Å². The fourth-order valence-electron chi connectivity index (χ4n) is 1.53. The molecule has 72 valence electrons. The average molecular weight is 173 g/mol. The van der Waals surface area contributed by atoms with Crippen molar-refractivity contribution < 1.29 is 9.84 Å². The van der Waals surface area contributed by atoms with Crippen LogP contribution in [0.2, 0.25) is 0 Å². The van der Waals surface area contributed by atoms with Gasteiger partial charge in [-0.2, -0.15) is 0 Å². The third kappa shape index (κ3) is 2.73. The first kappa shape index (κ1) is 9.96. The van der Waals surface area contributed by atoms with Crippen molar-refractivity contribution in [3.63, 3.8) is 0 Å². The number of nitrogens with two attached hydrogens (primary N) is 1. The van der Waals surface area contributed by atoms with Gasteiger partial charge in [-0.25, -0.2) is 0 Å². The van der Waals surface area contributed by atoms with Crippen LogP contribution in [-0.4, -0.2) is 30.0 Å². The van der Waals surface area contributed by atoms with Crippen LogP contribution in [0.25, 0.3) is 0 Å². The highest BCUT2D eigenvalue weighted by atomic mass is 16.5. The largest absolute Gasteiger partial charge is 0.391 e. The molecule has 1 fully saturated rings. The fraction of sp³-hybridized carbons (Fsp3) is 1.00. The maximum Gasteiger partial charge on any atom is 0.0716 e. The molecule has 0 unspecified atom stereocenters. The highest BCUT2D eigenvalue weighted by Crippen LogP contribution is 2.21. The van der Waals surface area contributed by atoms with Crippen LogP contribution in [0.1, 0.15) is 32.6 Å². The quantitative estimate of drug-likeness (QED) is 0.614. The fourth-order valence-corrected chi connectivity index (χ4v) is 1.53. The van der Waals surface area contributed by atoms with E-state index < -0.39 is 0 Å². The van der Waals surface area contributed by atoms with E-state index in [0.717, 1.165) is 25.9 Å². The van der Waals surface area contributed by atoms with Crippen LogP contribution < -0.4 is 5.73 Å². The summed E-state index contributed by atoms with van der Waals surface area (Å²) >= 11 is 0. The van der Waals surface area contributed by atoms with Gasteiger partial charge < -0.3 is 15.6 Å². The Kier molecular flexibility index (Phi) is 3.98. The Morgan fingerprint density at radius 3 is 2.75 bits per heavy atom. The van der Waals surface area contributed by atoms with Gasteiger partial charge in [0.25, 0.3) is 0 Å². The molecule has 3 nitrogen and oxygen atoms in total. The first-order valence-corrected chi connectivity index (χ1v) is 4.79. The summed E-state index contributed by atoms with van der Waals surface area (Å²) in [7, 11) is 0. The molecule has 0 aliphatic heterocycles. The first-order chi connectivity index (χ1) is 5.74. The van der Waals surface area contributed by atoms with E-state index in [4.69, 9.17) is 10.5 Å². The molecule has 0 aromatic carbocycles. The Morgan fingerprint density at radius 2 is 2.25 bits per heavy atom. The molecule has 1 rings (SSSR count). The Bertz CT molecular complexity index is 120. The van der Waals surface area contributed by atoms with E-state index in [1.165, 1.54) is 0 Å². The zero-order valence-corrected chi connectivity index (χ0v) is 7.70. The van der Waals surface area contributed by atoms with Gasteiger partial charge in [-0.15, -0.1) is 0 Å². The molecular weight excluding hydrogens is 154 g/mol. The molecule has 0 bridgehead atoms. The molecule has 3 heteroatoms. The van der Waals surface area contributed by atoms with Gasteiger partial charge >= 0.3 is 0 Å². The third-order valence-corrected chi connectivity index (χ3v) is 2.39. The Balaban J connectivity index is 2.10. The minimum atomic E-state index is -0.350. The molecule has 1 aliphatic carbocycles. The van der Waals surface area contributed by atoms with Crippen LogP contribution in [0.5, 0.6) is 0 Å². The monoisotopic (exact) mass is 173 g/mol. The molecule has 0 spiro atoms. The molecule has 0 saturated heterocycles. The van der Waals surface area contributed by atoms with Crippen molar-refractivity contribution in [2.75, 3.05) is 6.61 Å². The summed E-state index contributed by atoms with van der Waals surface area (Å²) in [6, 6.07) is -0.0726. The molecule has 0 amide bonds. The predicted molar refractivity (Wildman–Crippen MR) is 47.9 cm³/mol. The summed E-state index contributed by atoms with van der Waals surface area (Å²) in [5.74, 6) is 0. The lowest BCUT2D eigenvalue weighted by molar-refractivity contribution is 0.0457. The molecule has 1 aliphatic rings. The zero-order chi connectivity index (χ0) is 8.97.